The monoisotopic (exact) mass is 675 g/mol. The fourth-order valence-corrected chi connectivity index (χ4v) is 7.49. The molecule has 250 valence electrons. The summed E-state index contributed by atoms with van der Waals surface area (Å²) in [6.07, 6.45) is 0. The van der Waals surface area contributed by atoms with Crippen LogP contribution in [0.2, 0.25) is 0 Å². The Hall–Kier alpha value is -6.96. The van der Waals surface area contributed by atoms with Crippen LogP contribution >= 0.6 is 0 Å². The summed E-state index contributed by atoms with van der Waals surface area (Å²) in [7, 11) is 0. The lowest BCUT2D eigenvalue weighted by molar-refractivity contribution is 1.28. The van der Waals surface area contributed by atoms with Gasteiger partial charge < -0.3 is 4.90 Å². The maximum atomic E-state index is 2.42. The van der Waals surface area contributed by atoms with Crippen LogP contribution in [0.3, 0.4) is 0 Å². The number of para-hydroxylation sites is 2. The van der Waals surface area contributed by atoms with Crippen molar-refractivity contribution in [3.8, 4) is 55.6 Å². The average molecular weight is 676 g/mol. The minimum absolute atomic E-state index is 1.09. The molecule has 0 saturated carbocycles. The van der Waals surface area contributed by atoms with Gasteiger partial charge in [0.05, 0.1) is 11.4 Å². The first-order chi connectivity index (χ1) is 26.3. The first kappa shape index (κ1) is 32.0. The van der Waals surface area contributed by atoms with Gasteiger partial charge in [-0.25, -0.2) is 0 Å². The second-order valence-corrected chi connectivity index (χ2v) is 13.3. The molecule has 0 aromatic heterocycles. The van der Waals surface area contributed by atoms with Gasteiger partial charge in [-0.15, -0.1) is 0 Å². The van der Waals surface area contributed by atoms with Crippen molar-refractivity contribution in [1.82, 2.24) is 0 Å². The summed E-state index contributed by atoms with van der Waals surface area (Å²) >= 11 is 0. The third-order valence-corrected chi connectivity index (χ3v) is 10.1. The molecule has 0 heterocycles. The first-order valence-electron chi connectivity index (χ1n) is 18.2. The van der Waals surface area contributed by atoms with E-state index in [1.807, 2.05) is 0 Å². The van der Waals surface area contributed by atoms with Gasteiger partial charge in [0.1, 0.15) is 0 Å². The zero-order chi connectivity index (χ0) is 35.4. The van der Waals surface area contributed by atoms with E-state index in [2.05, 4.69) is 229 Å². The maximum Gasteiger partial charge on any atom is 0.0540 e. The standard InChI is InChI=1S/C52H37N/c1-3-16-38(17-4-1)42-22-14-25-45(37-42)50-28-10-12-31-52(50)53(51-30-11-9-27-49(51)41-18-5-2-6-19-41)46-34-32-39(33-35-46)43-23-13-24-44(36-43)48-29-15-21-40-20-7-8-26-47(40)48/h1-37H. The van der Waals surface area contributed by atoms with E-state index in [4.69, 9.17) is 0 Å². The van der Waals surface area contributed by atoms with Crippen LogP contribution in [0.15, 0.2) is 224 Å². The molecule has 1 heteroatoms. The average Bonchev–Trinajstić information content (AvgIpc) is 3.25. The molecule has 0 amide bonds. The molecule has 9 aromatic rings. The lowest BCUT2D eigenvalue weighted by atomic mass is 9.95. The highest BCUT2D eigenvalue weighted by Gasteiger charge is 2.20. The Labute approximate surface area is 311 Å². The summed E-state index contributed by atoms with van der Waals surface area (Å²) < 4.78 is 0. The van der Waals surface area contributed by atoms with Gasteiger partial charge in [-0.1, -0.05) is 188 Å². The molecule has 0 fully saturated rings. The predicted octanol–water partition coefficient (Wildman–Crippen LogP) is 14.6. The van der Waals surface area contributed by atoms with Crippen molar-refractivity contribution in [3.63, 3.8) is 0 Å². The van der Waals surface area contributed by atoms with E-state index < -0.39 is 0 Å². The zero-order valence-electron chi connectivity index (χ0n) is 29.3. The molecule has 0 aliphatic heterocycles. The van der Waals surface area contributed by atoms with Crippen molar-refractivity contribution in [2.75, 3.05) is 4.90 Å². The summed E-state index contributed by atoms with van der Waals surface area (Å²) in [5, 5.41) is 2.52. The van der Waals surface area contributed by atoms with Crippen molar-refractivity contribution >= 4 is 27.8 Å². The SMILES string of the molecule is c1ccc(-c2cccc(-c3ccccc3N(c3ccc(-c4cccc(-c5cccc6ccccc56)c4)cc3)c3ccccc3-c3ccccc3)c2)cc1. The summed E-state index contributed by atoms with van der Waals surface area (Å²) in [5.41, 5.74) is 15.3. The summed E-state index contributed by atoms with van der Waals surface area (Å²) in [6, 6.07) is 80.8. The minimum atomic E-state index is 1.09. The summed E-state index contributed by atoms with van der Waals surface area (Å²) in [4.78, 5) is 2.42. The van der Waals surface area contributed by atoms with E-state index in [1.54, 1.807) is 0 Å². The number of hydrogen-bond acceptors (Lipinski definition) is 1. The van der Waals surface area contributed by atoms with E-state index in [9.17, 15) is 0 Å². The topological polar surface area (TPSA) is 3.24 Å². The number of nitrogens with zero attached hydrogens (tertiary/aromatic N) is 1. The van der Waals surface area contributed by atoms with Crippen LogP contribution in [0, 0.1) is 0 Å². The van der Waals surface area contributed by atoms with Gasteiger partial charge in [-0.3, -0.25) is 0 Å². The van der Waals surface area contributed by atoms with Crippen molar-refractivity contribution in [3.05, 3.63) is 224 Å². The highest BCUT2D eigenvalue weighted by atomic mass is 15.1. The Balaban J connectivity index is 1.17. The maximum absolute atomic E-state index is 2.42. The van der Waals surface area contributed by atoms with Crippen molar-refractivity contribution < 1.29 is 0 Å². The lowest BCUT2D eigenvalue weighted by Crippen LogP contribution is -2.12. The van der Waals surface area contributed by atoms with Gasteiger partial charge in [0, 0.05) is 16.8 Å². The number of anilines is 3. The third-order valence-electron chi connectivity index (χ3n) is 10.1. The molecular formula is C52H37N. The van der Waals surface area contributed by atoms with Crippen LogP contribution in [0.4, 0.5) is 17.1 Å². The molecule has 53 heavy (non-hydrogen) atoms. The molecule has 0 saturated heterocycles. The van der Waals surface area contributed by atoms with E-state index in [0.29, 0.717) is 0 Å². The highest BCUT2D eigenvalue weighted by molar-refractivity contribution is 5.98. The molecule has 0 aliphatic carbocycles. The normalized spacial score (nSPS) is 11.0. The molecule has 0 N–H and O–H groups in total. The number of rotatable bonds is 8. The number of fused-ring (bicyclic) bond motifs is 1. The van der Waals surface area contributed by atoms with Gasteiger partial charge in [0.25, 0.3) is 0 Å². The van der Waals surface area contributed by atoms with E-state index in [0.717, 1.165) is 17.1 Å². The predicted molar refractivity (Wildman–Crippen MR) is 226 cm³/mol. The van der Waals surface area contributed by atoms with Gasteiger partial charge >= 0.3 is 0 Å². The Bertz CT molecular complexity index is 2650. The van der Waals surface area contributed by atoms with Gasteiger partial charge in [-0.05, 0) is 91.7 Å². The van der Waals surface area contributed by atoms with Crippen molar-refractivity contribution in [2.24, 2.45) is 0 Å². The lowest BCUT2D eigenvalue weighted by Gasteiger charge is -2.30. The number of hydrogen-bond donors (Lipinski definition) is 0. The quantitative estimate of drug-likeness (QED) is 0.155. The van der Waals surface area contributed by atoms with Crippen molar-refractivity contribution in [1.29, 1.82) is 0 Å². The van der Waals surface area contributed by atoms with Crippen LogP contribution in [-0.2, 0) is 0 Å². The second-order valence-electron chi connectivity index (χ2n) is 13.3. The summed E-state index contributed by atoms with van der Waals surface area (Å²) in [6.45, 7) is 0. The van der Waals surface area contributed by atoms with Gasteiger partial charge in [0.15, 0.2) is 0 Å². The highest BCUT2D eigenvalue weighted by Crippen LogP contribution is 2.45. The van der Waals surface area contributed by atoms with Crippen LogP contribution < -0.4 is 4.90 Å². The molecule has 0 unspecified atom stereocenters. The minimum Gasteiger partial charge on any atom is -0.309 e. The fraction of sp³-hybridized carbons (Fsp3) is 0. The van der Waals surface area contributed by atoms with Gasteiger partial charge in [0.2, 0.25) is 0 Å². The first-order valence-corrected chi connectivity index (χ1v) is 18.2. The molecule has 9 aromatic carbocycles. The largest absolute Gasteiger partial charge is 0.309 e. The second kappa shape index (κ2) is 14.3. The van der Waals surface area contributed by atoms with Crippen molar-refractivity contribution in [2.45, 2.75) is 0 Å². The molecule has 0 spiro atoms. The molecule has 0 atom stereocenters. The van der Waals surface area contributed by atoms with Crippen LogP contribution in [-0.4, -0.2) is 0 Å². The van der Waals surface area contributed by atoms with E-state index in [-0.39, 0.29) is 0 Å². The van der Waals surface area contributed by atoms with Crippen LogP contribution in [0.25, 0.3) is 66.4 Å². The Morgan fingerprint density at radius 3 is 1.32 bits per heavy atom. The molecule has 1 nitrogen and oxygen atoms in total. The Kier molecular flexibility index (Phi) is 8.66. The molecular weight excluding hydrogens is 639 g/mol. The summed E-state index contributed by atoms with van der Waals surface area (Å²) in [5.74, 6) is 0. The molecule has 0 bridgehead atoms. The van der Waals surface area contributed by atoms with Crippen LogP contribution in [0.5, 0.6) is 0 Å². The smallest absolute Gasteiger partial charge is 0.0540 e. The zero-order valence-corrected chi connectivity index (χ0v) is 29.3. The fourth-order valence-electron chi connectivity index (χ4n) is 7.49. The Morgan fingerprint density at radius 2 is 0.660 bits per heavy atom. The Morgan fingerprint density at radius 1 is 0.245 bits per heavy atom. The molecule has 0 radical (unpaired) electrons. The van der Waals surface area contributed by atoms with Crippen LogP contribution in [0.1, 0.15) is 0 Å². The van der Waals surface area contributed by atoms with Gasteiger partial charge in [-0.2, -0.15) is 0 Å². The van der Waals surface area contributed by atoms with E-state index >= 15 is 0 Å². The number of benzene rings is 9. The third kappa shape index (κ3) is 6.42. The van der Waals surface area contributed by atoms with E-state index in [1.165, 1.54) is 66.4 Å². The molecule has 9 rings (SSSR count). The molecule has 0 aliphatic rings.